The number of nitrogens with zero attached hydrogens (tertiary/aromatic N) is 2. The average Bonchev–Trinajstić information content (AvgIpc) is 2.85. The van der Waals surface area contributed by atoms with Crippen molar-refractivity contribution in [3.63, 3.8) is 0 Å². The third-order valence-corrected chi connectivity index (χ3v) is 3.88. The molecular formula is C13H26ClN3O2. The molecule has 112 valence electrons. The summed E-state index contributed by atoms with van der Waals surface area (Å²) in [5.41, 5.74) is 0. The molecular weight excluding hydrogens is 266 g/mol. The number of carbonyl (C=O) groups excluding carboxylic acids is 1. The van der Waals surface area contributed by atoms with Crippen molar-refractivity contribution in [2.75, 3.05) is 59.5 Å². The van der Waals surface area contributed by atoms with Gasteiger partial charge in [-0.05, 0) is 18.9 Å². The Balaban J connectivity index is 0.00000180. The highest BCUT2D eigenvalue weighted by Gasteiger charge is 2.23. The van der Waals surface area contributed by atoms with E-state index in [1.807, 2.05) is 4.90 Å². The van der Waals surface area contributed by atoms with E-state index in [1.54, 1.807) is 7.11 Å². The van der Waals surface area contributed by atoms with Gasteiger partial charge in [0.2, 0.25) is 5.91 Å². The molecule has 2 heterocycles. The summed E-state index contributed by atoms with van der Waals surface area (Å²) in [6.07, 6.45) is 1.87. The number of ether oxygens (including phenoxy) is 1. The molecule has 2 aliphatic rings. The molecule has 0 aromatic carbocycles. The fourth-order valence-corrected chi connectivity index (χ4v) is 2.81. The van der Waals surface area contributed by atoms with Gasteiger partial charge in [-0.25, -0.2) is 0 Å². The molecule has 0 saturated carbocycles. The predicted molar refractivity (Wildman–Crippen MR) is 77.7 cm³/mol. The van der Waals surface area contributed by atoms with Crippen molar-refractivity contribution < 1.29 is 9.53 Å². The minimum Gasteiger partial charge on any atom is -0.384 e. The SMILES string of the molecule is COCC1CCN(CCC(=O)N2CCNCC2)C1.Cl. The number of rotatable bonds is 5. The van der Waals surface area contributed by atoms with Crippen LogP contribution in [0.4, 0.5) is 0 Å². The summed E-state index contributed by atoms with van der Waals surface area (Å²) < 4.78 is 5.19. The van der Waals surface area contributed by atoms with Gasteiger partial charge in [0, 0.05) is 52.8 Å². The summed E-state index contributed by atoms with van der Waals surface area (Å²) in [7, 11) is 1.76. The first-order valence-electron chi connectivity index (χ1n) is 6.99. The lowest BCUT2D eigenvalue weighted by Gasteiger charge is -2.28. The molecule has 6 heteroatoms. The van der Waals surface area contributed by atoms with Crippen LogP contribution >= 0.6 is 12.4 Å². The molecule has 0 aromatic heterocycles. The number of hydrogen-bond donors (Lipinski definition) is 1. The number of methoxy groups -OCH3 is 1. The summed E-state index contributed by atoms with van der Waals surface area (Å²) in [4.78, 5) is 16.4. The Morgan fingerprint density at radius 3 is 2.74 bits per heavy atom. The van der Waals surface area contributed by atoms with Crippen LogP contribution in [0.1, 0.15) is 12.8 Å². The Bertz CT molecular complexity index is 273. The van der Waals surface area contributed by atoms with Crippen LogP contribution in [0.3, 0.4) is 0 Å². The highest BCUT2D eigenvalue weighted by molar-refractivity contribution is 5.85. The van der Waals surface area contributed by atoms with Crippen LogP contribution in [0.15, 0.2) is 0 Å². The fraction of sp³-hybridized carbons (Fsp3) is 0.923. The first-order valence-corrected chi connectivity index (χ1v) is 6.99. The first-order chi connectivity index (χ1) is 8.79. The molecule has 5 nitrogen and oxygen atoms in total. The third-order valence-electron chi connectivity index (χ3n) is 3.88. The predicted octanol–water partition coefficient (Wildman–Crippen LogP) is 0.198. The van der Waals surface area contributed by atoms with E-state index in [4.69, 9.17) is 4.74 Å². The molecule has 0 radical (unpaired) electrons. The van der Waals surface area contributed by atoms with Crippen LogP contribution in [0.25, 0.3) is 0 Å². The van der Waals surface area contributed by atoms with Crippen molar-refractivity contribution in [3.8, 4) is 0 Å². The molecule has 0 bridgehead atoms. The normalized spacial score (nSPS) is 24.3. The number of hydrogen-bond acceptors (Lipinski definition) is 4. The summed E-state index contributed by atoms with van der Waals surface area (Å²) in [6.45, 7) is 7.56. The molecule has 19 heavy (non-hydrogen) atoms. The summed E-state index contributed by atoms with van der Waals surface area (Å²) >= 11 is 0. The van der Waals surface area contributed by atoms with Gasteiger partial charge >= 0.3 is 0 Å². The van der Waals surface area contributed by atoms with Crippen molar-refractivity contribution in [3.05, 3.63) is 0 Å². The summed E-state index contributed by atoms with van der Waals surface area (Å²) in [6, 6.07) is 0. The van der Waals surface area contributed by atoms with Crippen LogP contribution in [-0.2, 0) is 9.53 Å². The van der Waals surface area contributed by atoms with E-state index < -0.39 is 0 Å². The molecule has 1 atom stereocenters. The Hall–Kier alpha value is -0.360. The van der Waals surface area contributed by atoms with E-state index in [9.17, 15) is 4.79 Å². The molecule has 0 aliphatic carbocycles. The van der Waals surface area contributed by atoms with Crippen molar-refractivity contribution in [2.24, 2.45) is 5.92 Å². The van der Waals surface area contributed by atoms with Gasteiger partial charge in [0.05, 0.1) is 6.61 Å². The van der Waals surface area contributed by atoms with Crippen LogP contribution in [-0.4, -0.2) is 75.2 Å². The van der Waals surface area contributed by atoms with E-state index in [0.717, 1.165) is 52.4 Å². The number of nitrogens with one attached hydrogen (secondary N) is 1. The molecule has 1 unspecified atom stereocenters. The zero-order valence-electron chi connectivity index (χ0n) is 11.8. The minimum atomic E-state index is 0. The lowest BCUT2D eigenvalue weighted by atomic mass is 10.1. The minimum absolute atomic E-state index is 0. The molecule has 1 amide bonds. The summed E-state index contributed by atoms with van der Waals surface area (Å²) in [5.74, 6) is 0.969. The maximum Gasteiger partial charge on any atom is 0.223 e. The second-order valence-electron chi connectivity index (χ2n) is 5.29. The standard InChI is InChI=1S/C13H25N3O2.ClH/c1-18-11-12-2-6-15(10-12)7-3-13(17)16-8-4-14-5-9-16;/h12,14H,2-11H2,1H3;1H. The Kier molecular flexibility index (Phi) is 7.68. The van der Waals surface area contributed by atoms with Gasteiger partial charge in [0.25, 0.3) is 0 Å². The second-order valence-corrected chi connectivity index (χ2v) is 5.29. The molecule has 2 saturated heterocycles. The number of amides is 1. The molecule has 2 fully saturated rings. The molecule has 1 N–H and O–H groups in total. The van der Waals surface area contributed by atoms with Crippen LogP contribution in [0, 0.1) is 5.92 Å². The summed E-state index contributed by atoms with van der Waals surface area (Å²) in [5, 5.41) is 3.27. The molecule has 2 aliphatic heterocycles. The molecule has 2 rings (SSSR count). The maximum absolute atomic E-state index is 12.0. The van der Waals surface area contributed by atoms with E-state index in [2.05, 4.69) is 10.2 Å². The van der Waals surface area contributed by atoms with Gasteiger partial charge < -0.3 is 19.9 Å². The van der Waals surface area contributed by atoms with Crippen LogP contribution in [0.5, 0.6) is 0 Å². The monoisotopic (exact) mass is 291 g/mol. The third kappa shape index (κ3) is 5.26. The molecule has 0 spiro atoms. The van der Waals surface area contributed by atoms with E-state index >= 15 is 0 Å². The quantitative estimate of drug-likeness (QED) is 0.786. The van der Waals surface area contributed by atoms with E-state index in [0.29, 0.717) is 18.2 Å². The zero-order valence-corrected chi connectivity index (χ0v) is 12.6. The zero-order chi connectivity index (χ0) is 12.8. The Morgan fingerprint density at radius 2 is 2.05 bits per heavy atom. The van der Waals surface area contributed by atoms with Crippen molar-refractivity contribution in [2.45, 2.75) is 12.8 Å². The van der Waals surface area contributed by atoms with E-state index in [1.165, 1.54) is 6.42 Å². The van der Waals surface area contributed by atoms with Gasteiger partial charge in [-0.2, -0.15) is 0 Å². The average molecular weight is 292 g/mol. The molecule has 0 aromatic rings. The van der Waals surface area contributed by atoms with Gasteiger partial charge in [-0.1, -0.05) is 0 Å². The number of halogens is 1. The van der Waals surface area contributed by atoms with Crippen LogP contribution in [0.2, 0.25) is 0 Å². The highest BCUT2D eigenvalue weighted by atomic mass is 35.5. The number of piperazine rings is 1. The fourth-order valence-electron chi connectivity index (χ4n) is 2.81. The lowest BCUT2D eigenvalue weighted by molar-refractivity contribution is -0.132. The van der Waals surface area contributed by atoms with Crippen molar-refractivity contribution in [1.29, 1.82) is 0 Å². The lowest BCUT2D eigenvalue weighted by Crippen LogP contribution is -2.47. The Morgan fingerprint density at radius 1 is 1.32 bits per heavy atom. The van der Waals surface area contributed by atoms with Crippen LogP contribution < -0.4 is 5.32 Å². The smallest absolute Gasteiger partial charge is 0.223 e. The van der Waals surface area contributed by atoms with Gasteiger partial charge in [-0.3, -0.25) is 4.79 Å². The number of carbonyl (C=O) groups is 1. The van der Waals surface area contributed by atoms with Crippen molar-refractivity contribution >= 4 is 18.3 Å². The second kappa shape index (κ2) is 8.74. The van der Waals surface area contributed by atoms with E-state index in [-0.39, 0.29) is 12.4 Å². The van der Waals surface area contributed by atoms with Gasteiger partial charge in [-0.15, -0.1) is 12.4 Å². The van der Waals surface area contributed by atoms with Crippen molar-refractivity contribution in [1.82, 2.24) is 15.1 Å². The Labute approximate surface area is 122 Å². The topological polar surface area (TPSA) is 44.8 Å². The number of likely N-dealkylation sites (tertiary alicyclic amines) is 1. The largest absolute Gasteiger partial charge is 0.384 e. The van der Waals surface area contributed by atoms with Gasteiger partial charge in [0.1, 0.15) is 0 Å². The highest BCUT2D eigenvalue weighted by Crippen LogP contribution is 2.16. The van der Waals surface area contributed by atoms with Gasteiger partial charge in [0.15, 0.2) is 0 Å². The maximum atomic E-state index is 12.0. The first kappa shape index (κ1) is 16.7.